The quantitative estimate of drug-likeness (QED) is 0.834. The summed E-state index contributed by atoms with van der Waals surface area (Å²) in [5, 5.41) is 2.98. The highest BCUT2D eigenvalue weighted by atomic mass is 16.5. The van der Waals surface area contributed by atoms with E-state index in [-0.39, 0.29) is 11.9 Å². The number of ether oxygens (including phenoxy) is 2. The Morgan fingerprint density at radius 1 is 1.20 bits per heavy atom. The van der Waals surface area contributed by atoms with Gasteiger partial charge >= 0.3 is 0 Å². The van der Waals surface area contributed by atoms with E-state index in [1.54, 1.807) is 13.2 Å². The van der Waals surface area contributed by atoms with Crippen molar-refractivity contribution in [2.45, 2.75) is 46.3 Å². The Morgan fingerprint density at radius 2 is 1.80 bits per heavy atom. The maximum Gasteiger partial charge on any atom is 0.261 e. The van der Waals surface area contributed by atoms with Crippen LogP contribution in [-0.2, 0) is 4.79 Å². The lowest BCUT2D eigenvalue weighted by Crippen LogP contribution is -2.44. The molecule has 0 bridgehead atoms. The molecule has 0 aliphatic heterocycles. The third-order valence-corrected chi connectivity index (χ3v) is 3.37. The van der Waals surface area contributed by atoms with Gasteiger partial charge in [0.25, 0.3) is 5.91 Å². The number of carbonyl (C=O) groups is 1. The zero-order valence-electron chi connectivity index (χ0n) is 13.0. The van der Waals surface area contributed by atoms with Crippen molar-refractivity contribution in [3.8, 4) is 11.5 Å². The van der Waals surface area contributed by atoms with E-state index < -0.39 is 6.10 Å². The minimum atomic E-state index is -0.507. The van der Waals surface area contributed by atoms with Crippen LogP contribution in [0.1, 0.15) is 34.1 Å². The Balaban J connectivity index is 2.74. The summed E-state index contributed by atoms with van der Waals surface area (Å²) in [6.07, 6.45) is 0.0989. The van der Waals surface area contributed by atoms with Crippen molar-refractivity contribution in [1.82, 2.24) is 5.32 Å². The molecule has 0 fully saturated rings. The van der Waals surface area contributed by atoms with Crippen LogP contribution >= 0.6 is 0 Å². The fraction of sp³-hybridized carbons (Fsp3) is 0.562. The molecule has 0 saturated carbocycles. The fourth-order valence-electron chi connectivity index (χ4n) is 1.68. The Bertz CT molecular complexity index is 431. The Hall–Kier alpha value is -1.71. The lowest BCUT2D eigenvalue weighted by molar-refractivity contribution is -0.129. The van der Waals surface area contributed by atoms with Gasteiger partial charge in [0, 0.05) is 6.04 Å². The molecular formula is C16H25NO3. The molecule has 0 aromatic heterocycles. The van der Waals surface area contributed by atoms with Crippen molar-refractivity contribution in [2.24, 2.45) is 5.92 Å². The van der Waals surface area contributed by atoms with Crippen LogP contribution in [0.2, 0.25) is 0 Å². The Labute approximate surface area is 121 Å². The topological polar surface area (TPSA) is 47.6 Å². The van der Waals surface area contributed by atoms with Crippen LogP contribution in [-0.4, -0.2) is 25.2 Å². The molecule has 0 spiro atoms. The molecule has 112 valence electrons. The van der Waals surface area contributed by atoms with Gasteiger partial charge in [-0.1, -0.05) is 32.9 Å². The molecule has 1 rings (SSSR count). The average molecular weight is 279 g/mol. The minimum Gasteiger partial charge on any atom is -0.493 e. The second kappa shape index (κ2) is 7.78. The molecule has 0 aliphatic carbocycles. The van der Waals surface area contributed by atoms with E-state index in [1.807, 2.05) is 32.0 Å². The highest BCUT2D eigenvalue weighted by molar-refractivity contribution is 5.81. The van der Waals surface area contributed by atoms with Crippen molar-refractivity contribution in [3.05, 3.63) is 24.3 Å². The summed E-state index contributed by atoms with van der Waals surface area (Å²) in [4.78, 5) is 12.2. The van der Waals surface area contributed by atoms with Crippen LogP contribution in [0.25, 0.3) is 0 Å². The zero-order valence-corrected chi connectivity index (χ0v) is 13.0. The van der Waals surface area contributed by atoms with Crippen LogP contribution in [0.4, 0.5) is 0 Å². The van der Waals surface area contributed by atoms with E-state index in [2.05, 4.69) is 19.2 Å². The molecule has 0 saturated heterocycles. The molecule has 0 radical (unpaired) electrons. The number of benzene rings is 1. The van der Waals surface area contributed by atoms with Gasteiger partial charge in [0.1, 0.15) is 0 Å². The van der Waals surface area contributed by atoms with E-state index in [0.29, 0.717) is 23.8 Å². The first-order valence-corrected chi connectivity index (χ1v) is 7.09. The normalized spacial score (nSPS) is 13.7. The summed E-state index contributed by atoms with van der Waals surface area (Å²) < 4.78 is 11.0. The van der Waals surface area contributed by atoms with Crippen molar-refractivity contribution < 1.29 is 14.3 Å². The predicted molar refractivity (Wildman–Crippen MR) is 80.1 cm³/mol. The average Bonchev–Trinajstić information content (AvgIpc) is 2.44. The number of nitrogens with one attached hydrogen (secondary N) is 1. The second-order valence-corrected chi connectivity index (χ2v) is 5.21. The van der Waals surface area contributed by atoms with Gasteiger partial charge in [0.05, 0.1) is 7.11 Å². The molecule has 1 aromatic carbocycles. The van der Waals surface area contributed by atoms with Gasteiger partial charge in [0.15, 0.2) is 17.6 Å². The van der Waals surface area contributed by atoms with Crippen LogP contribution in [0.3, 0.4) is 0 Å². The molecule has 1 N–H and O–H groups in total. The number of rotatable bonds is 7. The van der Waals surface area contributed by atoms with Crippen LogP contribution in [0.5, 0.6) is 11.5 Å². The fourth-order valence-corrected chi connectivity index (χ4v) is 1.68. The summed E-state index contributed by atoms with van der Waals surface area (Å²) in [7, 11) is 1.59. The number of amides is 1. The molecule has 4 nitrogen and oxygen atoms in total. The number of hydrogen-bond acceptors (Lipinski definition) is 3. The summed E-state index contributed by atoms with van der Waals surface area (Å²) in [5.41, 5.74) is 0. The lowest BCUT2D eigenvalue weighted by atomic mass is 10.1. The van der Waals surface area contributed by atoms with Gasteiger partial charge in [-0.05, 0) is 31.4 Å². The zero-order chi connectivity index (χ0) is 15.1. The number of carbonyl (C=O) groups excluding carboxylic acids is 1. The highest BCUT2D eigenvalue weighted by Gasteiger charge is 2.22. The van der Waals surface area contributed by atoms with Crippen molar-refractivity contribution in [1.29, 1.82) is 0 Å². The Kier molecular flexibility index (Phi) is 6.36. The first-order chi connectivity index (χ1) is 9.49. The molecule has 0 heterocycles. The predicted octanol–water partition coefficient (Wildman–Crippen LogP) is 3.01. The maximum atomic E-state index is 12.2. The van der Waals surface area contributed by atoms with Crippen LogP contribution in [0, 0.1) is 5.92 Å². The molecular weight excluding hydrogens is 254 g/mol. The van der Waals surface area contributed by atoms with Gasteiger partial charge in [-0.15, -0.1) is 0 Å². The maximum absolute atomic E-state index is 12.2. The van der Waals surface area contributed by atoms with E-state index in [1.165, 1.54) is 0 Å². The molecule has 0 aliphatic rings. The van der Waals surface area contributed by atoms with Gasteiger partial charge in [-0.2, -0.15) is 0 Å². The van der Waals surface area contributed by atoms with Crippen LogP contribution in [0.15, 0.2) is 24.3 Å². The SMILES string of the molecule is CC[C@H](Oc1ccccc1OC)C(=O)N[C@@H](C)C(C)C. The second-order valence-electron chi connectivity index (χ2n) is 5.21. The Morgan fingerprint density at radius 3 is 2.30 bits per heavy atom. The van der Waals surface area contributed by atoms with Gasteiger partial charge < -0.3 is 14.8 Å². The number of para-hydroxylation sites is 2. The first-order valence-electron chi connectivity index (χ1n) is 7.09. The van der Waals surface area contributed by atoms with Gasteiger partial charge in [-0.25, -0.2) is 0 Å². The van der Waals surface area contributed by atoms with Crippen molar-refractivity contribution >= 4 is 5.91 Å². The van der Waals surface area contributed by atoms with E-state index in [4.69, 9.17) is 9.47 Å². The molecule has 1 aromatic rings. The monoisotopic (exact) mass is 279 g/mol. The standard InChI is InChI=1S/C16H25NO3/c1-6-13(16(18)17-12(4)11(2)3)20-15-10-8-7-9-14(15)19-5/h7-13H,6H2,1-5H3,(H,17,18)/t12-,13-/m0/s1. The minimum absolute atomic E-state index is 0.0837. The van der Waals surface area contributed by atoms with E-state index in [9.17, 15) is 4.79 Å². The molecule has 20 heavy (non-hydrogen) atoms. The molecule has 4 heteroatoms. The third kappa shape index (κ3) is 4.44. The molecule has 2 atom stereocenters. The number of methoxy groups -OCH3 is 1. The molecule has 1 amide bonds. The first kappa shape index (κ1) is 16.3. The lowest BCUT2D eigenvalue weighted by Gasteiger charge is -2.23. The van der Waals surface area contributed by atoms with E-state index in [0.717, 1.165) is 0 Å². The summed E-state index contributed by atoms with van der Waals surface area (Å²) in [6, 6.07) is 7.47. The van der Waals surface area contributed by atoms with Crippen molar-refractivity contribution in [2.75, 3.05) is 7.11 Å². The van der Waals surface area contributed by atoms with Crippen LogP contribution < -0.4 is 14.8 Å². The summed E-state index contributed by atoms with van der Waals surface area (Å²) >= 11 is 0. The largest absolute Gasteiger partial charge is 0.493 e. The third-order valence-electron chi connectivity index (χ3n) is 3.37. The smallest absolute Gasteiger partial charge is 0.261 e. The molecule has 0 unspecified atom stereocenters. The summed E-state index contributed by atoms with van der Waals surface area (Å²) in [6.45, 7) is 8.08. The van der Waals surface area contributed by atoms with Gasteiger partial charge in [0.2, 0.25) is 0 Å². The van der Waals surface area contributed by atoms with E-state index >= 15 is 0 Å². The summed E-state index contributed by atoms with van der Waals surface area (Å²) in [5.74, 6) is 1.53. The van der Waals surface area contributed by atoms with Crippen molar-refractivity contribution in [3.63, 3.8) is 0 Å². The highest BCUT2D eigenvalue weighted by Crippen LogP contribution is 2.27. The number of hydrogen-bond donors (Lipinski definition) is 1. The van der Waals surface area contributed by atoms with Gasteiger partial charge in [-0.3, -0.25) is 4.79 Å².